The molecule has 2 nitrogen and oxygen atoms in total. The Kier molecular flexibility index (Phi) is 5.46. The van der Waals surface area contributed by atoms with Gasteiger partial charge in [-0.2, -0.15) is 0 Å². The molecule has 0 rings (SSSR count). The monoisotopic (exact) mass is 174 g/mol. The molecule has 0 fully saturated rings. The third-order valence-electron chi connectivity index (χ3n) is 1.39. The summed E-state index contributed by atoms with van der Waals surface area (Å²) in [4.78, 5) is 0. The molecule has 0 bridgehead atoms. The lowest BCUT2D eigenvalue weighted by atomic mass is 10.5. The molecule has 66 valence electrons. The van der Waals surface area contributed by atoms with Gasteiger partial charge in [-0.25, -0.2) is 0 Å². The first-order valence-corrected chi connectivity index (χ1v) is 6.49. The minimum atomic E-state index is -1.98. The van der Waals surface area contributed by atoms with Crippen LogP contribution < -0.4 is 0 Å². The van der Waals surface area contributed by atoms with Crippen molar-refractivity contribution >= 4 is 8.56 Å². The van der Waals surface area contributed by atoms with Crippen molar-refractivity contribution in [3.05, 3.63) is 12.3 Å². The molecule has 1 atom stereocenters. The summed E-state index contributed by atoms with van der Waals surface area (Å²) in [7, 11) is -1.98. The van der Waals surface area contributed by atoms with Crippen LogP contribution in [0, 0.1) is 0 Å². The fourth-order valence-electron chi connectivity index (χ4n) is 0.751. The van der Waals surface area contributed by atoms with Gasteiger partial charge in [0, 0.05) is 13.2 Å². The predicted octanol–water partition coefficient (Wildman–Crippen LogP) is 2.25. The molecule has 1 unspecified atom stereocenters. The normalized spacial score (nSPS) is 15.9. The molecule has 0 aromatic carbocycles. The Balaban J connectivity index is 3.77. The second-order valence-electron chi connectivity index (χ2n) is 2.50. The molecule has 3 heteroatoms. The van der Waals surface area contributed by atoms with Gasteiger partial charge in [0.25, 0.3) is 0 Å². The third-order valence-corrected chi connectivity index (χ3v) is 3.78. The number of hydrogen-bond acceptors (Lipinski definition) is 2. The zero-order valence-electron chi connectivity index (χ0n) is 7.72. The van der Waals surface area contributed by atoms with E-state index in [2.05, 4.69) is 13.5 Å². The van der Waals surface area contributed by atoms with Crippen molar-refractivity contribution in [3.63, 3.8) is 0 Å². The minimum absolute atomic E-state index is 0.707. The maximum atomic E-state index is 5.57. The fourth-order valence-corrected chi connectivity index (χ4v) is 2.25. The first-order chi connectivity index (χ1) is 5.18. The highest BCUT2D eigenvalue weighted by molar-refractivity contribution is 6.71. The standard InChI is InChI=1S/C8H18O2Si/c1-5-8-10-11(4,7-3)9-6-2/h7H,3,5-6,8H2,1-2,4H3. The van der Waals surface area contributed by atoms with E-state index in [-0.39, 0.29) is 0 Å². The van der Waals surface area contributed by atoms with Crippen molar-refractivity contribution in [2.75, 3.05) is 13.2 Å². The molecule has 0 N–H and O–H groups in total. The average Bonchev–Trinajstić information content (AvgIpc) is 2.02. The van der Waals surface area contributed by atoms with Crippen LogP contribution in [0.5, 0.6) is 0 Å². The first kappa shape index (κ1) is 10.9. The Bertz CT molecular complexity index is 117. The van der Waals surface area contributed by atoms with E-state index in [0.717, 1.165) is 13.0 Å². The molecular weight excluding hydrogens is 156 g/mol. The van der Waals surface area contributed by atoms with Crippen LogP contribution in [-0.2, 0) is 8.85 Å². The van der Waals surface area contributed by atoms with Gasteiger partial charge < -0.3 is 8.85 Å². The number of hydrogen-bond donors (Lipinski definition) is 0. The van der Waals surface area contributed by atoms with Crippen molar-refractivity contribution in [3.8, 4) is 0 Å². The molecule has 0 saturated heterocycles. The van der Waals surface area contributed by atoms with Gasteiger partial charge in [-0.15, -0.1) is 6.58 Å². The summed E-state index contributed by atoms with van der Waals surface area (Å²) < 4.78 is 11.0. The Labute approximate surface area is 70.5 Å². The highest BCUT2D eigenvalue weighted by Gasteiger charge is 2.25. The van der Waals surface area contributed by atoms with Gasteiger partial charge in [0.1, 0.15) is 0 Å². The van der Waals surface area contributed by atoms with E-state index in [9.17, 15) is 0 Å². The maximum absolute atomic E-state index is 5.57. The fraction of sp³-hybridized carbons (Fsp3) is 0.750. The Morgan fingerprint density at radius 1 is 1.36 bits per heavy atom. The summed E-state index contributed by atoms with van der Waals surface area (Å²) >= 11 is 0. The van der Waals surface area contributed by atoms with Gasteiger partial charge in [-0.1, -0.05) is 6.92 Å². The van der Waals surface area contributed by atoms with Crippen molar-refractivity contribution < 1.29 is 8.85 Å². The van der Waals surface area contributed by atoms with E-state index in [0.29, 0.717) is 6.61 Å². The molecule has 11 heavy (non-hydrogen) atoms. The molecule has 0 aromatic rings. The van der Waals surface area contributed by atoms with Gasteiger partial charge in [0.2, 0.25) is 0 Å². The molecule has 0 aromatic heterocycles. The lowest BCUT2D eigenvalue weighted by molar-refractivity contribution is 0.192. The summed E-state index contributed by atoms with van der Waals surface area (Å²) in [6.07, 6.45) is 1.03. The average molecular weight is 174 g/mol. The molecule has 0 saturated carbocycles. The van der Waals surface area contributed by atoms with Gasteiger partial charge in [0.05, 0.1) is 0 Å². The Morgan fingerprint density at radius 2 is 2.00 bits per heavy atom. The minimum Gasteiger partial charge on any atom is -0.392 e. The lowest BCUT2D eigenvalue weighted by Crippen LogP contribution is -2.36. The molecule has 0 radical (unpaired) electrons. The van der Waals surface area contributed by atoms with Crippen LogP contribution in [0.2, 0.25) is 6.55 Å². The zero-order chi connectivity index (χ0) is 8.74. The smallest absolute Gasteiger partial charge is 0.361 e. The van der Waals surface area contributed by atoms with Crippen LogP contribution in [0.4, 0.5) is 0 Å². The van der Waals surface area contributed by atoms with E-state index < -0.39 is 8.56 Å². The number of rotatable bonds is 6. The van der Waals surface area contributed by atoms with Crippen molar-refractivity contribution in [1.82, 2.24) is 0 Å². The second-order valence-corrected chi connectivity index (χ2v) is 5.52. The third kappa shape index (κ3) is 4.34. The quantitative estimate of drug-likeness (QED) is 0.575. The summed E-state index contributed by atoms with van der Waals surface area (Å²) in [5.41, 5.74) is 1.83. The topological polar surface area (TPSA) is 18.5 Å². The molecule has 0 aliphatic rings. The van der Waals surface area contributed by atoms with Gasteiger partial charge in [-0.3, -0.25) is 0 Å². The first-order valence-electron chi connectivity index (χ1n) is 4.10. The van der Waals surface area contributed by atoms with E-state index in [1.54, 1.807) is 0 Å². The summed E-state index contributed by atoms with van der Waals surface area (Å²) in [5.74, 6) is 0. The second kappa shape index (κ2) is 5.52. The van der Waals surface area contributed by atoms with Gasteiger partial charge in [-0.05, 0) is 25.6 Å². The summed E-state index contributed by atoms with van der Waals surface area (Å²) in [6.45, 7) is 11.3. The highest BCUT2D eigenvalue weighted by Crippen LogP contribution is 2.07. The molecular formula is C8H18O2Si. The van der Waals surface area contributed by atoms with E-state index >= 15 is 0 Å². The van der Waals surface area contributed by atoms with Crippen LogP contribution >= 0.6 is 0 Å². The maximum Gasteiger partial charge on any atom is 0.361 e. The van der Waals surface area contributed by atoms with Crippen LogP contribution in [0.25, 0.3) is 0 Å². The van der Waals surface area contributed by atoms with E-state index in [1.165, 1.54) is 0 Å². The molecule has 0 heterocycles. The highest BCUT2D eigenvalue weighted by atomic mass is 28.4. The van der Waals surface area contributed by atoms with E-state index in [4.69, 9.17) is 8.85 Å². The zero-order valence-corrected chi connectivity index (χ0v) is 8.72. The lowest BCUT2D eigenvalue weighted by Gasteiger charge is -2.22. The van der Waals surface area contributed by atoms with Crippen molar-refractivity contribution in [2.24, 2.45) is 0 Å². The Hall–Kier alpha value is -0.123. The predicted molar refractivity (Wildman–Crippen MR) is 49.7 cm³/mol. The molecule has 0 aliphatic carbocycles. The SMILES string of the molecule is C=C[Si](C)(OCC)OCCC. The Morgan fingerprint density at radius 3 is 2.36 bits per heavy atom. The van der Waals surface area contributed by atoms with Crippen LogP contribution in [0.15, 0.2) is 12.3 Å². The van der Waals surface area contributed by atoms with Gasteiger partial charge >= 0.3 is 8.56 Å². The molecule has 0 amide bonds. The van der Waals surface area contributed by atoms with E-state index in [1.807, 2.05) is 19.2 Å². The summed E-state index contributed by atoms with van der Waals surface area (Å²) in [6, 6.07) is 0. The van der Waals surface area contributed by atoms with Crippen molar-refractivity contribution in [2.45, 2.75) is 26.8 Å². The van der Waals surface area contributed by atoms with Gasteiger partial charge in [0.15, 0.2) is 0 Å². The largest absolute Gasteiger partial charge is 0.392 e. The molecule has 0 spiro atoms. The van der Waals surface area contributed by atoms with Crippen molar-refractivity contribution in [1.29, 1.82) is 0 Å². The summed E-state index contributed by atoms with van der Waals surface area (Å²) in [5, 5.41) is 0. The van der Waals surface area contributed by atoms with Crippen LogP contribution in [-0.4, -0.2) is 21.8 Å². The molecule has 0 aliphatic heterocycles. The van der Waals surface area contributed by atoms with Crippen LogP contribution in [0.1, 0.15) is 20.3 Å². The van der Waals surface area contributed by atoms with Crippen LogP contribution in [0.3, 0.4) is 0 Å².